The minimum absolute atomic E-state index is 0.0138. The third-order valence-corrected chi connectivity index (χ3v) is 4.45. The highest BCUT2D eigenvalue weighted by molar-refractivity contribution is 7.20. The van der Waals surface area contributed by atoms with Gasteiger partial charge in [-0.1, -0.05) is 34.8 Å². The van der Waals surface area contributed by atoms with E-state index < -0.39 is 11.6 Å². The summed E-state index contributed by atoms with van der Waals surface area (Å²) in [6.45, 7) is 0. The first-order valence-electron chi connectivity index (χ1n) is 5.23. The SMILES string of the molecule is Fc1cc2c(Cl)nnc(-c3cc(Cl)sc3Cl)c2cc1F. The highest BCUT2D eigenvalue weighted by atomic mass is 35.5. The number of nitrogens with zero attached hydrogens (tertiary/aromatic N) is 2. The summed E-state index contributed by atoms with van der Waals surface area (Å²) in [4.78, 5) is 0. The molecule has 0 saturated carbocycles. The second-order valence-electron chi connectivity index (χ2n) is 3.89. The Hall–Kier alpha value is -1.01. The summed E-state index contributed by atoms with van der Waals surface area (Å²) >= 11 is 18.9. The zero-order valence-corrected chi connectivity index (χ0v) is 12.5. The van der Waals surface area contributed by atoms with Crippen LogP contribution in [-0.4, -0.2) is 10.2 Å². The highest BCUT2D eigenvalue weighted by Gasteiger charge is 2.17. The molecule has 3 rings (SSSR count). The van der Waals surface area contributed by atoms with E-state index in [1.54, 1.807) is 6.07 Å². The lowest BCUT2D eigenvalue weighted by Gasteiger charge is -2.06. The van der Waals surface area contributed by atoms with Gasteiger partial charge in [0.05, 0.1) is 4.34 Å². The third kappa shape index (κ3) is 2.24. The first-order chi connectivity index (χ1) is 9.47. The molecule has 0 aliphatic rings. The van der Waals surface area contributed by atoms with Crippen molar-refractivity contribution in [2.45, 2.75) is 0 Å². The molecule has 0 radical (unpaired) electrons. The van der Waals surface area contributed by atoms with E-state index in [-0.39, 0.29) is 10.5 Å². The molecule has 3 aromatic rings. The molecule has 0 spiro atoms. The van der Waals surface area contributed by atoms with Gasteiger partial charge in [0, 0.05) is 16.3 Å². The van der Waals surface area contributed by atoms with Crippen LogP contribution >= 0.6 is 46.1 Å². The quantitative estimate of drug-likeness (QED) is 0.570. The first-order valence-corrected chi connectivity index (χ1v) is 7.18. The van der Waals surface area contributed by atoms with Crippen molar-refractivity contribution in [2.75, 3.05) is 0 Å². The molecule has 2 heterocycles. The van der Waals surface area contributed by atoms with Crippen LogP contribution in [0.2, 0.25) is 13.8 Å². The Bertz CT molecular complexity index is 835. The molecule has 0 aliphatic carbocycles. The van der Waals surface area contributed by atoms with Gasteiger partial charge in [-0.2, -0.15) is 0 Å². The van der Waals surface area contributed by atoms with Crippen LogP contribution < -0.4 is 0 Å². The molecule has 0 unspecified atom stereocenters. The molecule has 0 bridgehead atoms. The van der Waals surface area contributed by atoms with E-state index in [1.165, 1.54) is 0 Å². The summed E-state index contributed by atoms with van der Waals surface area (Å²) < 4.78 is 27.6. The molecule has 0 atom stereocenters. The van der Waals surface area contributed by atoms with Crippen molar-refractivity contribution in [3.05, 3.63) is 43.7 Å². The number of hydrogen-bond acceptors (Lipinski definition) is 3. The molecule has 8 heteroatoms. The zero-order valence-electron chi connectivity index (χ0n) is 9.42. The summed E-state index contributed by atoms with van der Waals surface area (Å²) in [5.41, 5.74) is 0.804. The molecular formula is C12H3Cl3F2N2S. The molecule has 0 fully saturated rings. The van der Waals surface area contributed by atoms with Crippen LogP contribution in [0.4, 0.5) is 8.78 Å². The summed E-state index contributed by atoms with van der Waals surface area (Å²) in [5.74, 6) is -2.01. The van der Waals surface area contributed by atoms with E-state index in [0.717, 1.165) is 23.5 Å². The summed E-state index contributed by atoms with van der Waals surface area (Å²) in [6.07, 6.45) is 0. The van der Waals surface area contributed by atoms with Crippen LogP contribution in [0.5, 0.6) is 0 Å². The Labute approximate surface area is 130 Å². The van der Waals surface area contributed by atoms with Crippen molar-refractivity contribution in [1.82, 2.24) is 10.2 Å². The van der Waals surface area contributed by atoms with Gasteiger partial charge in [0.15, 0.2) is 16.8 Å². The van der Waals surface area contributed by atoms with Crippen LogP contribution in [0.3, 0.4) is 0 Å². The number of hydrogen-bond donors (Lipinski definition) is 0. The van der Waals surface area contributed by atoms with E-state index >= 15 is 0 Å². The number of benzene rings is 1. The van der Waals surface area contributed by atoms with Gasteiger partial charge in [-0.05, 0) is 18.2 Å². The molecule has 2 nitrogen and oxygen atoms in total. The summed E-state index contributed by atoms with van der Waals surface area (Å²) in [6, 6.07) is 3.59. The number of halogens is 5. The topological polar surface area (TPSA) is 25.8 Å². The lowest BCUT2D eigenvalue weighted by Crippen LogP contribution is -1.94. The standard InChI is InChI=1S/C12H3Cl3F2N2S/c13-9-3-6(12(15)20-9)10-4-1-7(16)8(17)2-5(4)11(14)19-18-10/h1-3H. The van der Waals surface area contributed by atoms with E-state index in [9.17, 15) is 8.78 Å². The van der Waals surface area contributed by atoms with Crippen molar-refractivity contribution in [1.29, 1.82) is 0 Å². The number of thiophene rings is 1. The van der Waals surface area contributed by atoms with E-state index in [1.807, 2.05) is 0 Å². The van der Waals surface area contributed by atoms with E-state index in [0.29, 0.717) is 25.3 Å². The Morgan fingerprint density at radius 2 is 1.55 bits per heavy atom. The second kappa shape index (κ2) is 5.07. The number of aromatic nitrogens is 2. The van der Waals surface area contributed by atoms with Gasteiger partial charge >= 0.3 is 0 Å². The second-order valence-corrected chi connectivity index (χ2v) is 6.53. The van der Waals surface area contributed by atoms with Crippen molar-refractivity contribution >= 4 is 56.9 Å². The van der Waals surface area contributed by atoms with Crippen molar-refractivity contribution in [3.8, 4) is 11.3 Å². The predicted octanol–water partition coefficient (Wildman–Crippen LogP) is 5.60. The van der Waals surface area contributed by atoms with Gasteiger partial charge in [0.2, 0.25) is 0 Å². The lowest BCUT2D eigenvalue weighted by atomic mass is 10.1. The smallest absolute Gasteiger partial charge is 0.159 e. The Balaban J connectivity index is 2.40. The van der Waals surface area contributed by atoms with Crippen LogP contribution in [0.1, 0.15) is 0 Å². The molecule has 102 valence electrons. The molecule has 1 aromatic carbocycles. The zero-order chi connectivity index (χ0) is 14.4. The third-order valence-electron chi connectivity index (χ3n) is 2.69. The minimum atomic E-state index is -1.01. The maximum atomic E-state index is 13.5. The fraction of sp³-hybridized carbons (Fsp3) is 0. The highest BCUT2D eigenvalue weighted by Crippen LogP contribution is 2.40. The fourth-order valence-corrected chi connectivity index (χ4v) is 3.48. The molecule has 0 aliphatic heterocycles. The Morgan fingerprint density at radius 3 is 2.15 bits per heavy atom. The Morgan fingerprint density at radius 1 is 0.900 bits per heavy atom. The molecule has 0 saturated heterocycles. The van der Waals surface area contributed by atoms with Crippen LogP contribution in [0, 0.1) is 11.6 Å². The normalized spacial score (nSPS) is 11.2. The van der Waals surface area contributed by atoms with Crippen LogP contribution in [0.15, 0.2) is 18.2 Å². The summed E-state index contributed by atoms with van der Waals surface area (Å²) in [5, 5.41) is 8.21. The van der Waals surface area contributed by atoms with Gasteiger partial charge in [0.25, 0.3) is 0 Å². The van der Waals surface area contributed by atoms with Gasteiger partial charge in [-0.25, -0.2) is 8.78 Å². The fourth-order valence-electron chi connectivity index (χ4n) is 1.82. The van der Waals surface area contributed by atoms with Crippen molar-refractivity contribution in [3.63, 3.8) is 0 Å². The van der Waals surface area contributed by atoms with Gasteiger partial charge < -0.3 is 0 Å². The first kappa shape index (κ1) is 13.9. The molecule has 0 amide bonds. The maximum absolute atomic E-state index is 13.5. The summed E-state index contributed by atoms with van der Waals surface area (Å²) in [7, 11) is 0. The van der Waals surface area contributed by atoms with E-state index in [2.05, 4.69) is 10.2 Å². The van der Waals surface area contributed by atoms with Gasteiger partial charge in [-0.3, -0.25) is 0 Å². The lowest BCUT2D eigenvalue weighted by molar-refractivity contribution is 0.511. The van der Waals surface area contributed by atoms with Crippen LogP contribution in [-0.2, 0) is 0 Å². The minimum Gasteiger partial charge on any atom is -0.204 e. The van der Waals surface area contributed by atoms with E-state index in [4.69, 9.17) is 34.8 Å². The monoisotopic (exact) mass is 350 g/mol. The van der Waals surface area contributed by atoms with Crippen molar-refractivity contribution < 1.29 is 8.78 Å². The van der Waals surface area contributed by atoms with Gasteiger partial charge in [-0.15, -0.1) is 21.5 Å². The maximum Gasteiger partial charge on any atom is 0.159 e. The van der Waals surface area contributed by atoms with Gasteiger partial charge in [0.1, 0.15) is 10.0 Å². The van der Waals surface area contributed by atoms with Crippen LogP contribution in [0.25, 0.3) is 22.0 Å². The largest absolute Gasteiger partial charge is 0.204 e. The molecular weight excluding hydrogens is 349 g/mol. The number of fused-ring (bicyclic) bond motifs is 1. The molecule has 0 N–H and O–H groups in total. The average Bonchev–Trinajstić information content (AvgIpc) is 2.71. The predicted molar refractivity (Wildman–Crippen MR) is 77.8 cm³/mol. The van der Waals surface area contributed by atoms with Crippen molar-refractivity contribution in [2.24, 2.45) is 0 Å². The number of rotatable bonds is 1. The molecule has 2 aromatic heterocycles. The Kier molecular flexibility index (Phi) is 3.54. The molecule has 20 heavy (non-hydrogen) atoms. The average molecular weight is 352 g/mol.